The Morgan fingerprint density at radius 1 is 1.14 bits per heavy atom. The predicted octanol–water partition coefficient (Wildman–Crippen LogP) is 2.40. The summed E-state index contributed by atoms with van der Waals surface area (Å²) < 4.78 is 59.8. The van der Waals surface area contributed by atoms with Crippen LogP contribution in [-0.4, -0.2) is 34.1 Å². The first kappa shape index (κ1) is 17.8. The fourth-order valence-electron chi connectivity index (χ4n) is 1.81. The maximum Gasteiger partial charge on any atom is 0.501 e. The van der Waals surface area contributed by atoms with E-state index in [4.69, 9.17) is 5.73 Å². The molecule has 0 aliphatic rings. The van der Waals surface area contributed by atoms with Crippen LogP contribution in [0.25, 0.3) is 0 Å². The molecule has 2 N–H and O–H groups in total. The molecule has 1 aromatic rings. The molecule has 0 atom stereocenters. The van der Waals surface area contributed by atoms with E-state index in [0.717, 1.165) is 12.1 Å². The van der Waals surface area contributed by atoms with Crippen molar-refractivity contribution in [2.75, 3.05) is 25.0 Å². The summed E-state index contributed by atoms with van der Waals surface area (Å²) >= 11 is 0. The molecular formula is C13H19F3N2O2S. The minimum absolute atomic E-state index is 0.161. The van der Waals surface area contributed by atoms with Gasteiger partial charge in [0.1, 0.15) is 0 Å². The number of alkyl halides is 3. The summed E-state index contributed by atoms with van der Waals surface area (Å²) in [7, 11) is -3.53. The van der Waals surface area contributed by atoms with Gasteiger partial charge in [-0.2, -0.15) is 13.2 Å². The van der Waals surface area contributed by atoms with Gasteiger partial charge in [-0.1, -0.05) is 13.8 Å². The van der Waals surface area contributed by atoms with Gasteiger partial charge in [0.05, 0.1) is 4.90 Å². The van der Waals surface area contributed by atoms with E-state index in [1.165, 1.54) is 12.1 Å². The summed E-state index contributed by atoms with van der Waals surface area (Å²) in [6, 6.07) is 4.63. The lowest BCUT2D eigenvalue weighted by Crippen LogP contribution is -2.36. The number of benzene rings is 1. The highest BCUT2D eigenvalue weighted by molar-refractivity contribution is 7.92. The number of hydrogen-bond acceptors (Lipinski definition) is 4. The Hall–Kier alpha value is -1.28. The maximum atomic E-state index is 12.4. The lowest BCUT2D eigenvalue weighted by atomic mass is 9.93. The average molecular weight is 324 g/mol. The Bertz CT molecular complexity index is 580. The summed E-state index contributed by atoms with van der Waals surface area (Å²) in [5.41, 5.74) is 0.803. The summed E-state index contributed by atoms with van der Waals surface area (Å²) in [6.45, 7) is 4.98. The summed E-state index contributed by atoms with van der Waals surface area (Å²) in [6.07, 6.45) is 0. The molecular weight excluding hydrogens is 305 g/mol. The van der Waals surface area contributed by atoms with Gasteiger partial charge in [-0.25, -0.2) is 8.42 Å². The molecule has 0 aromatic heterocycles. The van der Waals surface area contributed by atoms with Crippen molar-refractivity contribution < 1.29 is 21.6 Å². The number of anilines is 1. The van der Waals surface area contributed by atoms with Crippen LogP contribution in [0.5, 0.6) is 0 Å². The number of sulfone groups is 1. The zero-order valence-electron chi connectivity index (χ0n) is 12.1. The molecule has 0 fully saturated rings. The Kier molecular flexibility index (Phi) is 4.94. The Balaban J connectivity index is 2.99. The Morgan fingerprint density at radius 3 is 2.00 bits per heavy atom. The highest BCUT2D eigenvalue weighted by atomic mass is 32.2. The molecule has 120 valence electrons. The van der Waals surface area contributed by atoms with Crippen LogP contribution in [0.3, 0.4) is 0 Å². The minimum atomic E-state index is -5.30. The first-order valence-electron chi connectivity index (χ1n) is 6.23. The van der Waals surface area contributed by atoms with Crippen molar-refractivity contribution in [3.8, 4) is 0 Å². The normalized spacial score (nSPS) is 13.3. The SMILES string of the molecule is CN(CC(C)(C)CN)c1ccc(S(=O)(=O)C(F)(F)F)cc1. The van der Waals surface area contributed by atoms with Gasteiger partial charge >= 0.3 is 5.51 Å². The smallest absolute Gasteiger partial charge is 0.374 e. The third kappa shape index (κ3) is 4.10. The highest BCUT2D eigenvalue weighted by Crippen LogP contribution is 2.31. The molecule has 0 spiro atoms. The van der Waals surface area contributed by atoms with Crippen LogP contribution in [0, 0.1) is 5.41 Å². The predicted molar refractivity (Wildman–Crippen MR) is 75.8 cm³/mol. The molecule has 8 heteroatoms. The molecule has 0 aliphatic heterocycles. The van der Waals surface area contributed by atoms with Crippen LogP contribution in [0.2, 0.25) is 0 Å². The van der Waals surface area contributed by atoms with Gasteiger partial charge in [0.2, 0.25) is 0 Å². The van der Waals surface area contributed by atoms with Crippen LogP contribution >= 0.6 is 0 Å². The van der Waals surface area contributed by atoms with E-state index < -0.39 is 20.2 Å². The third-order valence-electron chi connectivity index (χ3n) is 3.11. The van der Waals surface area contributed by atoms with E-state index in [1.807, 2.05) is 18.7 Å². The Labute approximate surface area is 122 Å². The van der Waals surface area contributed by atoms with Gasteiger partial charge in [-0.3, -0.25) is 0 Å². The number of nitrogens with zero attached hydrogens (tertiary/aromatic N) is 1. The minimum Gasteiger partial charge on any atom is -0.374 e. The molecule has 1 rings (SSSR count). The first-order chi connectivity index (χ1) is 9.40. The van der Waals surface area contributed by atoms with Crippen molar-refractivity contribution in [2.45, 2.75) is 24.3 Å². The molecule has 0 amide bonds. The van der Waals surface area contributed by atoms with E-state index in [0.29, 0.717) is 18.8 Å². The molecule has 21 heavy (non-hydrogen) atoms. The zero-order valence-corrected chi connectivity index (χ0v) is 12.9. The van der Waals surface area contributed by atoms with Crippen LogP contribution in [0.1, 0.15) is 13.8 Å². The first-order valence-corrected chi connectivity index (χ1v) is 7.72. The van der Waals surface area contributed by atoms with E-state index >= 15 is 0 Å². The Morgan fingerprint density at radius 2 is 1.62 bits per heavy atom. The van der Waals surface area contributed by atoms with Crippen molar-refractivity contribution in [1.82, 2.24) is 0 Å². The van der Waals surface area contributed by atoms with Crippen molar-refractivity contribution in [2.24, 2.45) is 11.1 Å². The maximum absolute atomic E-state index is 12.4. The molecule has 0 unspecified atom stereocenters. The number of rotatable bonds is 5. The van der Waals surface area contributed by atoms with Gasteiger partial charge < -0.3 is 10.6 Å². The van der Waals surface area contributed by atoms with E-state index in [-0.39, 0.29) is 5.41 Å². The number of halogens is 3. The molecule has 0 radical (unpaired) electrons. The van der Waals surface area contributed by atoms with Crippen LogP contribution in [0.15, 0.2) is 29.2 Å². The lowest BCUT2D eigenvalue weighted by Gasteiger charge is -2.30. The van der Waals surface area contributed by atoms with Gasteiger partial charge in [0.25, 0.3) is 9.84 Å². The summed E-state index contributed by atoms with van der Waals surface area (Å²) in [5.74, 6) is 0. The van der Waals surface area contributed by atoms with Crippen molar-refractivity contribution in [1.29, 1.82) is 0 Å². The van der Waals surface area contributed by atoms with Gasteiger partial charge in [0, 0.05) is 19.3 Å². The summed E-state index contributed by atoms with van der Waals surface area (Å²) in [4.78, 5) is 1.06. The van der Waals surface area contributed by atoms with Gasteiger partial charge in [-0.05, 0) is 36.2 Å². The van der Waals surface area contributed by atoms with Crippen LogP contribution in [0.4, 0.5) is 18.9 Å². The van der Waals surface area contributed by atoms with Crippen molar-refractivity contribution in [3.63, 3.8) is 0 Å². The standard InChI is InChI=1S/C13H19F3N2O2S/c1-12(2,8-17)9-18(3)10-4-6-11(7-5-10)21(19,20)13(14,15)16/h4-7H,8-9,17H2,1-3H3. The van der Waals surface area contributed by atoms with Crippen molar-refractivity contribution >= 4 is 15.5 Å². The van der Waals surface area contributed by atoms with Gasteiger partial charge in [-0.15, -0.1) is 0 Å². The molecule has 0 saturated carbocycles. The third-order valence-corrected chi connectivity index (χ3v) is 4.61. The molecule has 0 heterocycles. The monoisotopic (exact) mass is 324 g/mol. The second-order valence-corrected chi connectivity index (χ2v) is 7.61. The topological polar surface area (TPSA) is 63.4 Å². The van der Waals surface area contributed by atoms with E-state index in [9.17, 15) is 21.6 Å². The van der Waals surface area contributed by atoms with E-state index in [1.54, 1.807) is 7.05 Å². The van der Waals surface area contributed by atoms with Crippen LogP contribution < -0.4 is 10.6 Å². The largest absolute Gasteiger partial charge is 0.501 e. The number of nitrogens with two attached hydrogens (primary N) is 1. The zero-order chi connectivity index (χ0) is 16.5. The molecule has 4 nitrogen and oxygen atoms in total. The lowest BCUT2D eigenvalue weighted by molar-refractivity contribution is -0.0436. The quantitative estimate of drug-likeness (QED) is 0.903. The second-order valence-electron chi connectivity index (χ2n) is 5.67. The fourth-order valence-corrected chi connectivity index (χ4v) is 2.57. The summed E-state index contributed by atoms with van der Waals surface area (Å²) in [5, 5.41) is 0. The van der Waals surface area contributed by atoms with Crippen molar-refractivity contribution in [3.05, 3.63) is 24.3 Å². The molecule has 0 aliphatic carbocycles. The molecule has 0 bridgehead atoms. The molecule has 0 saturated heterocycles. The van der Waals surface area contributed by atoms with Gasteiger partial charge in [0.15, 0.2) is 0 Å². The second kappa shape index (κ2) is 5.84. The average Bonchev–Trinajstić information content (AvgIpc) is 2.37. The van der Waals surface area contributed by atoms with E-state index in [2.05, 4.69) is 0 Å². The molecule has 1 aromatic carbocycles. The highest BCUT2D eigenvalue weighted by Gasteiger charge is 2.46. The van der Waals surface area contributed by atoms with Crippen LogP contribution in [-0.2, 0) is 9.84 Å². The fraction of sp³-hybridized carbons (Fsp3) is 0.538. The number of hydrogen-bond donors (Lipinski definition) is 1.